The van der Waals surface area contributed by atoms with Crippen molar-refractivity contribution in [1.29, 1.82) is 0 Å². The molecular weight excluding hydrogens is 394 g/mol. The smallest absolute Gasteiger partial charge is 0.305 e. The van der Waals surface area contributed by atoms with E-state index in [4.69, 9.17) is 9.15 Å². The highest BCUT2D eigenvalue weighted by Gasteiger charge is 2.13. The van der Waals surface area contributed by atoms with E-state index in [1.54, 1.807) is 6.07 Å². The Morgan fingerprint density at radius 3 is 2.32 bits per heavy atom. The summed E-state index contributed by atoms with van der Waals surface area (Å²) < 4.78 is 13.0. The number of hydrogen-bond donors (Lipinski definition) is 2. The number of hydrogen-bond acceptors (Lipinski definition) is 4. The zero-order valence-corrected chi connectivity index (χ0v) is 16.7. The largest absolute Gasteiger partial charge is 0.486 e. The summed E-state index contributed by atoms with van der Waals surface area (Å²) >= 11 is 0. The molecule has 0 saturated carbocycles. The van der Waals surface area contributed by atoms with E-state index >= 15 is 0 Å². The zero-order chi connectivity index (χ0) is 21.5. The van der Waals surface area contributed by atoms with Gasteiger partial charge in [0.2, 0.25) is 5.91 Å². The lowest BCUT2D eigenvalue weighted by atomic mass is 10.1. The van der Waals surface area contributed by atoms with Crippen LogP contribution in [0, 0.1) is 0 Å². The number of rotatable bonds is 7. The molecule has 2 aromatic heterocycles. The Bertz CT molecular complexity index is 1130. The van der Waals surface area contributed by atoms with Crippen LogP contribution >= 0.6 is 0 Å². The van der Waals surface area contributed by atoms with Gasteiger partial charge in [-0.2, -0.15) is 0 Å². The number of carbonyl (C=O) groups is 2. The van der Waals surface area contributed by atoms with E-state index in [0.29, 0.717) is 11.5 Å². The second-order valence-electron chi connectivity index (χ2n) is 6.80. The Hall–Kier alpha value is -4.26. The first-order chi connectivity index (χ1) is 15.2. The number of aromatic nitrogens is 1. The highest BCUT2D eigenvalue weighted by atomic mass is 16.5. The van der Waals surface area contributed by atoms with E-state index < -0.39 is 5.91 Å². The van der Waals surface area contributed by atoms with E-state index in [1.807, 2.05) is 83.7 Å². The van der Waals surface area contributed by atoms with Crippen molar-refractivity contribution in [3.05, 3.63) is 108 Å². The van der Waals surface area contributed by atoms with Crippen molar-refractivity contribution in [2.45, 2.75) is 13.0 Å². The number of furan rings is 1. The van der Waals surface area contributed by atoms with Crippen LogP contribution in [0.1, 0.15) is 21.9 Å². The molecule has 2 aromatic carbocycles. The van der Waals surface area contributed by atoms with Gasteiger partial charge in [-0.05, 0) is 54.1 Å². The summed E-state index contributed by atoms with van der Waals surface area (Å²) in [6.07, 6.45) is 4.04. The Morgan fingerprint density at radius 1 is 0.839 bits per heavy atom. The summed E-state index contributed by atoms with van der Waals surface area (Å²) in [6, 6.07) is 24.0. The van der Waals surface area contributed by atoms with Crippen molar-refractivity contribution < 1.29 is 18.7 Å². The normalized spacial score (nSPS) is 10.5. The standard InChI is InChI=1S/C24H21N3O4/c28-23(16-18-8-10-19(11-9-18)27-14-4-5-15-27)25-26-24(29)22-13-12-21(31-22)17-30-20-6-2-1-3-7-20/h1-15H,16-17H2,(H,25,28)(H,26,29). The molecule has 7 nitrogen and oxygen atoms in total. The molecule has 2 N–H and O–H groups in total. The average Bonchev–Trinajstić information content (AvgIpc) is 3.50. The Labute approximate surface area is 179 Å². The lowest BCUT2D eigenvalue weighted by Crippen LogP contribution is -2.42. The molecule has 4 rings (SSSR count). The minimum Gasteiger partial charge on any atom is -0.486 e. The molecule has 0 unspecified atom stereocenters. The molecule has 156 valence electrons. The van der Waals surface area contributed by atoms with Crippen molar-refractivity contribution in [2.75, 3.05) is 0 Å². The van der Waals surface area contributed by atoms with Crippen molar-refractivity contribution in [3.8, 4) is 11.4 Å². The fraction of sp³-hybridized carbons (Fsp3) is 0.0833. The SMILES string of the molecule is O=C(Cc1ccc(-n2cccc2)cc1)NNC(=O)c1ccc(COc2ccccc2)o1. The lowest BCUT2D eigenvalue weighted by Gasteiger charge is -2.07. The quantitative estimate of drug-likeness (QED) is 0.451. The van der Waals surface area contributed by atoms with Gasteiger partial charge >= 0.3 is 5.91 Å². The van der Waals surface area contributed by atoms with E-state index in [9.17, 15) is 9.59 Å². The molecule has 4 aromatic rings. The summed E-state index contributed by atoms with van der Waals surface area (Å²) in [4.78, 5) is 24.3. The van der Waals surface area contributed by atoms with Crippen LogP contribution in [0.5, 0.6) is 5.75 Å². The Kier molecular flexibility index (Phi) is 6.13. The Balaban J connectivity index is 1.24. The molecule has 0 saturated heterocycles. The molecule has 0 spiro atoms. The Morgan fingerprint density at radius 2 is 1.58 bits per heavy atom. The molecule has 2 heterocycles. The fourth-order valence-electron chi connectivity index (χ4n) is 2.96. The molecule has 0 fully saturated rings. The molecule has 0 aliphatic rings. The molecule has 0 radical (unpaired) electrons. The van der Waals surface area contributed by atoms with Crippen LogP contribution in [0.2, 0.25) is 0 Å². The third-order valence-corrected chi connectivity index (χ3v) is 4.53. The predicted molar refractivity (Wildman–Crippen MR) is 115 cm³/mol. The summed E-state index contributed by atoms with van der Waals surface area (Å²) in [5.41, 5.74) is 6.61. The molecular formula is C24H21N3O4. The van der Waals surface area contributed by atoms with Gasteiger partial charge in [-0.15, -0.1) is 0 Å². The van der Waals surface area contributed by atoms with Crippen LogP contribution in [0.3, 0.4) is 0 Å². The van der Waals surface area contributed by atoms with E-state index in [0.717, 1.165) is 11.3 Å². The number of nitrogens with one attached hydrogen (secondary N) is 2. The van der Waals surface area contributed by atoms with Crippen LogP contribution in [0.4, 0.5) is 0 Å². The zero-order valence-electron chi connectivity index (χ0n) is 16.7. The number of hydrazine groups is 1. The fourth-order valence-corrected chi connectivity index (χ4v) is 2.96. The highest BCUT2D eigenvalue weighted by Crippen LogP contribution is 2.14. The number of carbonyl (C=O) groups excluding carboxylic acids is 2. The minimum absolute atomic E-state index is 0.0861. The highest BCUT2D eigenvalue weighted by molar-refractivity contribution is 5.93. The predicted octanol–water partition coefficient (Wildman–Crippen LogP) is 3.65. The maximum atomic E-state index is 12.2. The first kappa shape index (κ1) is 20.0. The third-order valence-electron chi connectivity index (χ3n) is 4.53. The van der Waals surface area contributed by atoms with Gasteiger partial charge in [-0.25, -0.2) is 0 Å². The first-order valence-electron chi connectivity index (χ1n) is 9.75. The van der Waals surface area contributed by atoms with Crippen LogP contribution in [0.25, 0.3) is 5.69 Å². The number of benzene rings is 2. The summed E-state index contributed by atoms with van der Waals surface area (Å²) in [5.74, 6) is 0.424. The maximum absolute atomic E-state index is 12.2. The number of amides is 2. The van der Waals surface area contributed by atoms with Crippen LogP contribution in [0.15, 0.2) is 95.7 Å². The van der Waals surface area contributed by atoms with Crippen molar-refractivity contribution in [2.24, 2.45) is 0 Å². The summed E-state index contributed by atoms with van der Waals surface area (Å²) in [7, 11) is 0. The second-order valence-corrected chi connectivity index (χ2v) is 6.80. The molecule has 0 atom stereocenters. The third kappa shape index (κ3) is 5.42. The van der Waals surface area contributed by atoms with Gasteiger partial charge in [-0.3, -0.25) is 20.4 Å². The molecule has 31 heavy (non-hydrogen) atoms. The van der Waals surface area contributed by atoms with Crippen molar-refractivity contribution in [1.82, 2.24) is 15.4 Å². The summed E-state index contributed by atoms with van der Waals surface area (Å²) in [5, 5.41) is 0. The monoisotopic (exact) mass is 415 g/mol. The first-order valence-corrected chi connectivity index (χ1v) is 9.75. The van der Waals surface area contributed by atoms with Crippen LogP contribution in [-0.2, 0) is 17.8 Å². The van der Waals surface area contributed by atoms with Gasteiger partial charge in [0.25, 0.3) is 0 Å². The molecule has 0 bridgehead atoms. The number of ether oxygens (including phenoxy) is 1. The van der Waals surface area contributed by atoms with Gasteiger partial charge in [0.15, 0.2) is 5.76 Å². The van der Waals surface area contributed by atoms with Gasteiger partial charge in [0.1, 0.15) is 18.1 Å². The van der Waals surface area contributed by atoms with Crippen LogP contribution < -0.4 is 15.6 Å². The minimum atomic E-state index is -0.540. The molecule has 7 heteroatoms. The lowest BCUT2D eigenvalue weighted by molar-refractivity contribution is -0.121. The molecule has 2 amide bonds. The van der Waals surface area contributed by atoms with Gasteiger partial charge in [-0.1, -0.05) is 30.3 Å². The van der Waals surface area contributed by atoms with Gasteiger partial charge in [0, 0.05) is 18.1 Å². The van der Waals surface area contributed by atoms with E-state index in [2.05, 4.69) is 10.9 Å². The molecule has 0 aliphatic heterocycles. The number of nitrogens with zero attached hydrogens (tertiary/aromatic N) is 1. The summed E-state index contributed by atoms with van der Waals surface area (Å²) in [6.45, 7) is 0.197. The molecule has 0 aliphatic carbocycles. The van der Waals surface area contributed by atoms with Gasteiger partial charge < -0.3 is 13.7 Å². The van der Waals surface area contributed by atoms with E-state index in [1.165, 1.54) is 6.07 Å². The second kappa shape index (κ2) is 9.49. The average molecular weight is 415 g/mol. The van der Waals surface area contributed by atoms with Crippen molar-refractivity contribution in [3.63, 3.8) is 0 Å². The van der Waals surface area contributed by atoms with Gasteiger partial charge in [0.05, 0.1) is 6.42 Å². The topological polar surface area (TPSA) is 85.5 Å². The number of para-hydroxylation sites is 1. The van der Waals surface area contributed by atoms with Crippen LogP contribution in [-0.4, -0.2) is 16.4 Å². The van der Waals surface area contributed by atoms with E-state index in [-0.39, 0.29) is 24.7 Å². The van der Waals surface area contributed by atoms with Crippen molar-refractivity contribution >= 4 is 11.8 Å². The maximum Gasteiger partial charge on any atom is 0.305 e.